The molecule has 1 aliphatic heterocycles. The van der Waals surface area contributed by atoms with Crippen molar-refractivity contribution in [1.29, 1.82) is 0 Å². The Bertz CT molecular complexity index is 903. The molecule has 2 aromatic carbocycles. The zero-order valence-electron chi connectivity index (χ0n) is 13.2. The molecule has 0 saturated heterocycles. The van der Waals surface area contributed by atoms with Crippen LogP contribution in [0.1, 0.15) is 5.56 Å². The van der Waals surface area contributed by atoms with E-state index in [1.807, 2.05) is 0 Å². The zero-order chi connectivity index (χ0) is 17.3. The Morgan fingerprint density at radius 2 is 1.62 bits per heavy atom. The zero-order valence-corrected chi connectivity index (χ0v) is 14.0. The number of ether oxygens (including phenoxy) is 1. The number of methoxy groups -OCH3 is 1. The minimum atomic E-state index is -3.87. The molecule has 0 saturated carbocycles. The average Bonchev–Trinajstić information content (AvgIpc) is 2.76. The van der Waals surface area contributed by atoms with Crippen LogP contribution in [0.25, 0.3) is 4.91 Å². The maximum atomic E-state index is 12.6. The van der Waals surface area contributed by atoms with Gasteiger partial charge < -0.3 is 10.1 Å². The lowest BCUT2D eigenvalue weighted by atomic mass is 10.1. The fraction of sp³-hybridized carbons (Fsp3) is 0.118. The van der Waals surface area contributed by atoms with Crippen molar-refractivity contribution in [2.24, 2.45) is 0 Å². The summed E-state index contributed by atoms with van der Waals surface area (Å²) in [6.07, 6.45) is 0. The minimum absolute atomic E-state index is 0.0218. The molecule has 1 amide bonds. The molecule has 6 nitrogen and oxygen atoms in total. The van der Waals surface area contributed by atoms with Crippen LogP contribution in [-0.4, -0.2) is 32.8 Å². The van der Waals surface area contributed by atoms with Crippen LogP contribution < -0.4 is 10.1 Å². The van der Waals surface area contributed by atoms with E-state index in [9.17, 15) is 13.2 Å². The van der Waals surface area contributed by atoms with Crippen molar-refractivity contribution in [2.45, 2.75) is 0 Å². The van der Waals surface area contributed by atoms with Gasteiger partial charge in [0.2, 0.25) is 0 Å². The normalized spacial score (nSPS) is 16.4. The van der Waals surface area contributed by atoms with Gasteiger partial charge in [-0.1, -0.05) is 30.3 Å². The summed E-state index contributed by atoms with van der Waals surface area (Å²) in [5.74, 6) is 0.0740. The second-order valence-corrected chi connectivity index (χ2v) is 7.11. The highest BCUT2D eigenvalue weighted by Gasteiger charge is 2.42. The molecule has 0 bridgehead atoms. The van der Waals surface area contributed by atoms with E-state index in [1.165, 1.54) is 7.05 Å². The van der Waals surface area contributed by atoms with Crippen LogP contribution in [0.15, 0.2) is 60.3 Å². The molecular weight excluding hydrogens is 328 g/mol. The van der Waals surface area contributed by atoms with Gasteiger partial charge in [0, 0.05) is 12.7 Å². The third-order valence-corrected chi connectivity index (χ3v) is 5.58. The Morgan fingerprint density at radius 3 is 2.21 bits per heavy atom. The standard InChI is InChI=1S/C17H16N2O4S/c1-19-17(20)15(18-13-8-10-14(23-2)11-9-13)16(24(19,21)22)12-6-4-3-5-7-12/h3-11,18H,1-2H3. The summed E-state index contributed by atoms with van der Waals surface area (Å²) < 4.78 is 31.0. The van der Waals surface area contributed by atoms with Crippen molar-refractivity contribution < 1.29 is 17.9 Å². The van der Waals surface area contributed by atoms with E-state index < -0.39 is 15.9 Å². The van der Waals surface area contributed by atoms with Crippen molar-refractivity contribution in [2.75, 3.05) is 19.5 Å². The lowest BCUT2D eigenvalue weighted by Gasteiger charge is -2.09. The molecule has 0 radical (unpaired) electrons. The van der Waals surface area contributed by atoms with Gasteiger partial charge in [-0.05, 0) is 29.8 Å². The molecule has 24 heavy (non-hydrogen) atoms. The van der Waals surface area contributed by atoms with Crippen molar-refractivity contribution in [3.05, 3.63) is 65.9 Å². The number of likely N-dealkylation sites (N-methyl/N-ethyl adjacent to an activating group) is 1. The van der Waals surface area contributed by atoms with Gasteiger partial charge in [0.05, 0.1) is 7.11 Å². The number of hydrogen-bond acceptors (Lipinski definition) is 5. The number of carbonyl (C=O) groups excluding carboxylic acids is 1. The lowest BCUT2D eigenvalue weighted by Crippen LogP contribution is -2.27. The quantitative estimate of drug-likeness (QED) is 0.921. The van der Waals surface area contributed by atoms with Gasteiger partial charge in [-0.15, -0.1) is 0 Å². The second kappa shape index (κ2) is 6.01. The maximum absolute atomic E-state index is 12.6. The van der Waals surface area contributed by atoms with Gasteiger partial charge in [-0.2, -0.15) is 0 Å². The monoisotopic (exact) mass is 344 g/mol. The van der Waals surface area contributed by atoms with E-state index in [1.54, 1.807) is 61.7 Å². The number of nitrogens with zero attached hydrogens (tertiary/aromatic N) is 1. The van der Waals surface area contributed by atoms with Crippen LogP contribution in [0, 0.1) is 0 Å². The Hall–Kier alpha value is -2.80. The van der Waals surface area contributed by atoms with E-state index in [0.29, 0.717) is 17.0 Å². The number of benzene rings is 2. The van der Waals surface area contributed by atoms with Crippen LogP contribution >= 0.6 is 0 Å². The highest BCUT2D eigenvalue weighted by atomic mass is 32.2. The number of rotatable bonds is 4. The topological polar surface area (TPSA) is 75.7 Å². The fourth-order valence-corrected chi connectivity index (χ4v) is 3.86. The third-order valence-electron chi connectivity index (χ3n) is 3.74. The first-order valence-corrected chi connectivity index (χ1v) is 8.63. The van der Waals surface area contributed by atoms with Crippen LogP contribution in [0.2, 0.25) is 0 Å². The maximum Gasteiger partial charge on any atom is 0.285 e. The van der Waals surface area contributed by atoms with E-state index in [-0.39, 0.29) is 10.6 Å². The smallest absolute Gasteiger partial charge is 0.285 e. The van der Waals surface area contributed by atoms with Crippen molar-refractivity contribution in [3.8, 4) is 5.75 Å². The summed E-state index contributed by atoms with van der Waals surface area (Å²) >= 11 is 0. The van der Waals surface area contributed by atoms with Gasteiger partial charge in [0.15, 0.2) is 0 Å². The van der Waals surface area contributed by atoms with Gasteiger partial charge in [-0.3, -0.25) is 4.79 Å². The molecule has 2 aromatic rings. The average molecular weight is 344 g/mol. The summed E-state index contributed by atoms with van der Waals surface area (Å²) in [5.41, 5.74) is 1.10. The molecule has 124 valence electrons. The second-order valence-electron chi connectivity index (χ2n) is 5.20. The van der Waals surface area contributed by atoms with Crippen molar-refractivity contribution in [1.82, 2.24) is 4.31 Å². The van der Waals surface area contributed by atoms with E-state index in [2.05, 4.69) is 5.32 Å². The first kappa shape index (κ1) is 16.1. The molecule has 1 heterocycles. The molecule has 0 unspecified atom stereocenters. The van der Waals surface area contributed by atoms with Crippen LogP contribution in [-0.2, 0) is 14.8 Å². The number of hydrogen-bond donors (Lipinski definition) is 1. The van der Waals surface area contributed by atoms with Crippen LogP contribution in [0.3, 0.4) is 0 Å². The predicted molar refractivity (Wildman–Crippen MR) is 91.7 cm³/mol. The molecule has 3 rings (SSSR count). The number of carbonyl (C=O) groups is 1. The molecule has 1 aliphatic rings. The van der Waals surface area contributed by atoms with Crippen LogP contribution in [0.4, 0.5) is 5.69 Å². The molecule has 0 aliphatic carbocycles. The number of amides is 1. The van der Waals surface area contributed by atoms with E-state index in [0.717, 1.165) is 4.31 Å². The number of sulfonamides is 1. The van der Waals surface area contributed by atoms with Crippen molar-refractivity contribution >= 4 is 26.5 Å². The van der Waals surface area contributed by atoms with E-state index >= 15 is 0 Å². The van der Waals surface area contributed by atoms with E-state index in [4.69, 9.17) is 4.74 Å². The molecule has 7 heteroatoms. The fourth-order valence-electron chi connectivity index (χ4n) is 2.44. The SMILES string of the molecule is COc1ccc(NC2=C(c3ccccc3)S(=O)(=O)N(C)C2=O)cc1. The molecule has 0 spiro atoms. The summed E-state index contributed by atoms with van der Waals surface area (Å²) in [6.45, 7) is 0. The van der Waals surface area contributed by atoms with Gasteiger partial charge in [0.1, 0.15) is 16.4 Å². The summed E-state index contributed by atoms with van der Waals surface area (Å²) in [5, 5.41) is 2.93. The summed E-state index contributed by atoms with van der Waals surface area (Å²) in [4.78, 5) is 12.4. The summed E-state index contributed by atoms with van der Waals surface area (Å²) in [7, 11) is -1.06. The Labute approximate surface area is 140 Å². The predicted octanol–water partition coefficient (Wildman–Crippen LogP) is 2.28. The third kappa shape index (κ3) is 2.63. The number of anilines is 1. The number of nitrogens with one attached hydrogen (secondary N) is 1. The largest absolute Gasteiger partial charge is 0.497 e. The van der Waals surface area contributed by atoms with Gasteiger partial charge in [-0.25, -0.2) is 12.7 Å². The molecule has 0 atom stereocenters. The minimum Gasteiger partial charge on any atom is -0.497 e. The lowest BCUT2D eigenvalue weighted by molar-refractivity contribution is -0.121. The van der Waals surface area contributed by atoms with Gasteiger partial charge >= 0.3 is 0 Å². The Balaban J connectivity index is 2.10. The molecule has 0 fully saturated rings. The summed E-state index contributed by atoms with van der Waals surface area (Å²) in [6, 6.07) is 15.4. The molecule has 0 aromatic heterocycles. The van der Waals surface area contributed by atoms with Gasteiger partial charge in [0.25, 0.3) is 15.9 Å². The highest BCUT2D eigenvalue weighted by Crippen LogP contribution is 2.35. The first-order chi connectivity index (χ1) is 11.4. The molecule has 1 N–H and O–H groups in total. The van der Waals surface area contributed by atoms with Crippen molar-refractivity contribution in [3.63, 3.8) is 0 Å². The first-order valence-electron chi connectivity index (χ1n) is 7.19. The molecular formula is C17H16N2O4S. The Morgan fingerprint density at radius 1 is 1.00 bits per heavy atom. The van der Waals surface area contributed by atoms with Crippen LogP contribution in [0.5, 0.6) is 5.75 Å². The highest BCUT2D eigenvalue weighted by molar-refractivity contribution is 7.99. The Kier molecular flexibility index (Phi) is 4.02.